The molecule has 1 aromatic carbocycles. The first-order chi connectivity index (χ1) is 19.2. The first-order valence-electron chi connectivity index (χ1n) is 15.0. The number of aliphatic hydroxyl groups is 1. The van der Waals surface area contributed by atoms with Gasteiger partial charge >= 0.3 is 11.9 Å². The van der Waals surface area contributed by atoms with E-state index in [4.69, 9.17) is 9.47 Å². The first kappa shape index (κ1) is 35.5. The van der Waals surface area contributed by atoms with Crippen LogP contribution in [0.1, 0.15) is 88.5 Å². The number of imide groups is 1. The highest BCUT2D eigenvalue weighted by Crippen LogP contribution is 2.50. The van der Waals surface area contributed by atoms with Crippen molar-refractivity contribution in [3.63, 3.8) is 0 Å². The summed E-state index contributed by atoms with van der Waals surface area (Å²) in [5, 5.41) is 9.39. The molecule has 2 amide bonds. The molecule has 1 heterocycles. The minimum Gasteiger partial charge on any atom is -0.469 e. The molecule has 2 rings (SSSR count). The van der Waals surface area contributed by atoms with E-state index in [1.807, 2.05) is 47.6 Å². The van der Waals surface area contributed by atoms with Gasteiger partial charge < -0.3 is 14.6 Å². The monoisotopic (exact) mass is 587 g/mol. The molecule has 8 nitrogen and oxygen atoms in total. The lowest BCUT2D eigenvalue weighted by Crippen LogP contribution is -2.44. The van der Waals surface area contributed by atoms with E-state index in [0.717, 1.165) is 0 Å². The van der Waals surface area contributed by atoms with Gasteiger partial charge in [0, 0.05) is 0 Å². The van der Waals surface area contributed by atoms with Crippen LogP contribution < -0.4 is 4.90 Å². The first-order valence-corrected chi connectivity index (χ1v) is 15.0. The Hall–Kier alpha value is -2.74. The number of esters is 2. The molecule has 1 aromatic rings. The molecule has 0 radical (unpaired) electrons. The van der Waals surface area contributed by atoms with Crippen molar-refractivity contribution in [3.8, 4) is 0 Å². The lowest BCUT2D eigenvalue weighted by Gasteiger charge is -2.43. The van der Waals surface area contributed by atoms with Crippen molar-refractivity contribution in [2.24, 2.45) is 45.3 Å². The maximum absolute atomic E-state index is 14.0. The lowest BCUT2D eigenvalue weighted by molar-refractivity contribution is -0.162. The van der Waals surface area contributed by atoms with E-state index in [1.54, 1.807) is 31.2 Å². The molecule has 236 valence electrons. The molecular weight excluding hydrogens is 534 g/mol. The third kappa shape index (κ3) is 7.80. The normalized spacial score (nSPS) is 22.2. The predicted molar refractivity (Wildman–Crippen MR) is 163 cm³/mol. The molecule has 1 saturated heterocycles. The molecule has 8 heteroatoms. The van der Waals surface area contributed by atoms with Crippen LogP contribution in [-0.4, -0.2) is 49.2 Å². The number of methoxy groups -OCH3 is 1. The van der Waals surface area contributed by atoms with Gasteiger partial charge in [-0.3, -0.25) is 24.1 Å². The van der Waals surface area contributed by atoms with Crippen LogP contribution >= 0.6 is 0 Å². The van der Waals surface area contributed by atoms with E-state index in [1.165, 1.54) is 12.0 Å². The summed E-state index contributed by atoms with van der Waals surface area (Å²) < 4.78 is 10.7. The Morgan fingerprint density at radius 2 is 1.50 bits per heavy atom. The van der Waals surface area contributed by atoms with Gasteiger partial charge in [-0.15, -0.1) is 0 Å². The zero-order chi connectivity index (χ0) is 32.3. The number of hydrogen-bond donors (Lipinski definition) is 1. The number of hydrogen-bond acceptors (Lipinski definition) is 7. The summed E-state index contributed by atoms with van der Waals surface area (Å²) in [5.74, 6) is -3.19. The van der Waals surface area contributed by atoms with E-state index in [0.29, 0.717) is 18.5 Å². The van der Waals surface area contributed by atoms with Gasteiger partial charge in [-0.05, 0) is 67.9 Å². The van der Waals surface area contributed by atoms with Crippen LogP contribution in [0, 0.1) is 45.3 Å². The van der Waals surface area contributed by atoms with E-state index in [-0.39, 0.29) is 54.7 Å². The Labute approximate surface area is 252 Å². The molecule has 0 aromatic heterocycles. The van der Waals surface area contributed by atoms with Crippen molar-refractivity contribution < 1.29 is 33.8 Å². The zero-order valence-corrected chi connectivity index (χ0v) is 27.6. The molecule has 42 heavy (non-hydrogen) atoms. The number of ether oxygens (including phenoxy) is 2. The summed E-state index contributed by atoms with van der Waals surface area (Å²) in [5.41, 5.74) is -2.19. The largest absolute Gasteiger partial charge is 0.469 e. The Balaban J connectivity index is 2.55. The van der Waals surface area contributed by atoms with E-state index >= 15 is 0 Å². The van der Waals surface area contributed by atoms with Crippen LogP contribution in [-0.2, 0) is 28.7 Å². The van der Waals surface area contributed by atoms with Crippen molar-refractivity contribution in [1.29, 1.82) is 0 Å². The topological polar surface area (TPSA) is 110 Å². The molecule has 6 unspecified atom stereocenters. The maximum Gasteiger partial charge on any atom is 0.311 e. The standard InChI is InChI=1S/C34H53NO7/c1-22(23(2)34(10,30(40)41-11)21-31(3,4)5)19-33(9,29(39)42-18-17-36)20-25-26(32(6,7)8)28(38)35(27(25)37)24-15-13-12-14-16-24/h12-16,22-23,25-26,36H,17-21H2,1-11H3. The number of nitrogens with zero attached hydrogens (tertiary/aromatic N) is 1. The van der Waals surface area contributed by atoms with Crippen LogP contribution in [0.3, 0.4) is 0 Å². The van der Waals surface area contributed by atoms with Crippen molar-refractivity contribution in [3.05, 3.63) is 30.3 Å². The van der Waals surface area contributed by atoms with Crippen molar-refractivity contribution in [1.82, 2.24) is 0 Å². The van der Waals surface area contributed by atoms with E-state index < -0.39 is 34.1 Å². The van der Waals surface area contributed by atoms with E-state index in [9.17, 15) is 24.3 Å². The molecule has 0 spiro atoms. The highest BCUT2D eigenvalue weighted by atomic mass is 16.5. The number of amides is 2. The highest BCUT2D eigenvalue weighted by molar-refractivity contribution is 6.22. The van der Waals surface area contributed by atoms with Gasteiger partial charge in [0.15, 0.2) is 0 Å². The molecule has 1 aliphatic rings. The minimum atomic E-state index is -1.17. The summed E-state index contributed by atoms with van der Waals surface area (Å²) in [4.78, 5) is 55.9. The fourth-order valence-electron chi connectivity index (χ4n) is 7.06. The third-order valence-corrected chi connectivity index (χ3v) is 9.04. The number of rotatable bonds is 12. The van der Waals surface area contributed by atoms with Crippen LogP contribution in [0.25, 0.3) is 0 Å². The smallest absolute Gasteiger partial charge is 0.311 e. The number of para-hydroxylation sites is 1. The van der Waals surface area contributed by atoms with Gasteiger partial charge in [-0.25, -0.2) is 0 Å². The second-order valence-electron chi connectivity index (χ2n) is 15.0. The van der Waals surface area contributed by atoms with Crippen molar-refractivity contribution in [2.75, 3.05) is 25.2 Å². The van der Waals surface area contributed by atoms with Gasteiger partial charge in [0.1, 0.15) is 6.61 Å². The summed E-state index contributed by atoms with van der Waals surface area (Å²) in [7, 11) is 1.39. The minimum absolute atomic E-state index is 0.0956. The van der Waals surface area contributed by atoms with E-state index in [2.05, 4.69) is 20.8 Å². The molecule has 1 aliphatic heterocycles. The molecule has 1 N–H and O–H groups in total. The quantitative estimate of drug-likeness (QED) is 0.234. The number of anilines is 1. The van der Waals surface area contributed by atoms with Gasteiger partial charge in [0.05, 0.1) is 42.1 Å². The average molecular weight is 588 g/mol. The second-order valence-corrected chi connectivity index (χ2v) is 15.0. The summed E-state index contributed by atoms with van der Waals surface area (Å²) >= 11 is 0. The van der Waals surface area contributed by atoms with Crippen molar-refractivity contribution in [2.45, 2.75) is 88.5 Å². The Kier molecular flexibility index (Phi) is 11.2. The van der Waals surface area contributed by atoms with Gasteiger partial charge in [-0.2, -0.15) is 0 Å². The second kappa shape index (κ2) is 13.3. The summed E-state index contributed by atoms with van der Waals surface area (Å²) in [6.45, 7) is 19.3. The molecule has 0 aliphatic carbocycles. The Bertz CT molecular complexity index is 1120. The van der Waals surface area contributed by atoms with Gasteiger partial charge in [-0.1, -0.05) is 73.6 Å². The number of carbonyl (C=O) groups excluding carboxylic acids is 4. The Morgan fingerprint density at radius 1 is 0.929 bits per heavy atom. The van der Waals surface area contributed by atoms with Crippen LogP contribution in [0.5, 0.6) is 0 Å². The molecular formula is C34H53NO7. The maximum atomic E-state index is 14.0. The van der Waals surface area contributed by atoms with Crippen LogP contribution in [0.15, 0.2) is 30.3 Å². The molecule has 0 bridgehead atoms. The summed E-state index contributed by atoms with van der Waals surface area (Å²) in [6, 6.07) is 8.86. The Morgan fingerprint density at radius 3 is 1.98 bits per heavy atom. The highest BCUT2D eigenvalue weighted by Gasteiger charge is 2.56. The van der Waals surface area contributed by atoms with Crippen LogP contribution in [0.4, 0.5) is 5.69 Å². The predicted octanol–water partition coefficient (Wildman–Crippen LogP) is 6.05. The third-order valence-electron chi connectivity index (χ3n) is 9.04. The van der Waals surface area contributed by atoms with Gasteiger partial charge in [0.25, 0.3) is 0 Å². The fraction of sp³-hybridized carbons (Fsp3) is 0.706. The lowest BCUT2D eigenvalue weighted by atomic mass is 9.61. The SMILES string of the molecule is COC(=O)C(C)(CC(C)(C)C)C(C)C(C)CC(C)(CC1C(=O)N(c2ccccc2)C(=O)C1C(C)(C)C)C(=O)OCCO. The fourth-order valence-corrected chi connectivity index (χ4v) is 7.06. The molecule has 6 atom stereocenters. The average Bonchev–Trinajstić information content (AvgIpc) is 3.14. The zero-order valence-electron chi connectivity index (χ0n) is 27.6. The number of benzene rings is 1. The van der Waals surface area contributed by atoms with Crippen molar-refractivity contribution >= 4 is 29.4 Å². The molecule has 1 fully saturated rings. The summed E-state index contributed by atoms with van der Waals surface area (Å²) in [6.07, 6.45) is 0.991. The number of carbonyl (C=O) groups is 4. The number of aliphatic hydroxyl groups excluding tert-OH is 1. The van der Waals surface area contributed by atoms with Crippen LogP contribution in [0.2, 0.25) is 0 Å². The van der Waals surface area contributed by atoms with Gasteiger partial charge in [0.2, 0.25) is 11.8 Å². The molecule has 0 saturated carbocycles.